The van der Waals surface area contributed by atoms with Gasteiger partial charge in [0.2, 0.25) is 0 Å². The van der Waals surface area contributed by atoms with Crippen LogP contribution in [0.1, 0.15) is 31.7 Å². The monoisotopic (exact) mass is 266 g/mol. The highest BCUT2D eigenvalue weighted by molar-refractivity contribution is 5.23. The molecule has 0 aliphatic carbocycles. The van der Waals surface area contributed by atoms with Crippen molar-refractivity contribution in [1.82, 2.24) is 0 Å². The lowest BCUT2D eigenvalue weighted by atomic mass is 10.1. The number of benzene rings is 2. The number of para-hydroxylation sites is 1. The zero-order valence-electron chi connectivity index (χ0n) is 12.1. The Kier molecular flexibility index (Phi) is 5.91. The molecule has 2 aromatic carbocycles. The third-order valence-corrected chi connectivity index (χ3v) is 3.16. The molecule has 0 N–H and O–H groups in total. The average molecular weight is 266 g/mol. The summed E-state index contributed by atoms with van der Waals surface area (Å²) in [5, 5.41) is 0. The molecule has 1 nitrogen and oxygen atoms in total. The van der Waals surface area contributed by atoms with Crippen LogP contribution in [0.3, 0.4) is 0 Å². The first-order chi connectivity index (χ1) is 9.88. The molecule has 0 heterocycles. The van der Waals surface area contributed by atoms with E-state index in [1.807, 2.05) is 30.3 Å². The smallest absolute Gasteiger partial charge is 0.126 e. The van der Waals surface area contributed by atoms with Crippen LogP contribution in [-0.4, -0.2) is 0 Å². The zero-order valence-corrected chi connectivity index (χ0v) is 12.1. The minimum Gasteiger partial charge on any atom is -0.462 e. The van der Waals surface area contributed by atoms with Gasteiger partial charge >= 0.3 is 0 Å². The lowest BCUT2D eigenvalue weighted by molar-refractivity contribution is 0.396. The van der Waals surface area contributed by atoms with Crippen LogP contribution in [-0.2, 0) is 6.42 Å². The molecule has 0 radical (unpaired) electrons. The fourth-order valence-electron chi connectivity index (χ4n) is 2.17. The number of ether oxygens (including phenoxy) is 1. The van der Waals surface area contributed by atoms with Crippen molar-refractivity contribution in [3.8, 4) is 5.75 Å². The van der Waals surface area contributed by atoms with Gasteiger partial charge in [0.25, 0.3) is 0 Å². The second kappa shape index (κ2) is 8.21. The standard InChI is InChI=1S/C19H22O/c1-2-10-18(20-19-14-7-4-8-15-19)16-9-13-17-11-5-3-6-12-17/h3-8,10-12,14-15H,2,9,13,16H2,1H3/b18-10-. The molecule has 0 unspecified atom stereocenters. The number of hydrogen-bond acceptors (Lipinski definition) is 1. The molecule has 0 atom stereocenters. The summed E-state index contributed by atoms with van der Waals surface area (Å²) >= 11 is 0. The van der Waals surface area contributed by atoms with E-state index in [1.165, 1.54) is 5.56 Å². The van der Waals surface area contributed by atoms with Gasteiger partial charge in [-0.2, -0.15) is 0 Å². The minimum absolute atomic E-state index is 0.923. The van der Waals surface area contributed by atoms with E-state index in [0.29, 0.717) is 0 Å². The van der Waals surface area contributed by atoms with Crippen LogP contribution in [0, 0.1) is 0 Å². The molecule has 0 bridgehead atoms. The normalized spacial score (nSPS) is 11.3. The van der Waals surface area contributed by atoms with E-state index in [2.05, 4.69) is 43.3 Å². The Labute approximate surface area is 121 Å². The predicted octanol–water partition coefficient (Wildman–Crippen LogP) is 5.38. The summed E-state index contributed by atoms with van der Waals surface area (Å²) in [4.78, 5) is 0. The van der Waals surface area contributed by atoms with Gasteiger partial charge in [0, 0.05) is 6.42 Å². The third-order valence-electron chi connectivity index (χ3n) is 3.16. The molecule has 2 rings (SSSR count). The Morgan fingerprint density at radius 3 is 2.25 bits per heavy atom. The van der Waals surface area contributed by atoms with Crippen LogP contribution in [0.4, 0.5) is 0 Å². The highest BCUT2D eigenvalue weighted by Gasteiger charge is 2.01. The summed E-state index contributed by atoms with van der Waals surface area (Å²) in [6, 6.07) is 20.6. The van der Waals surface area contributed by atoms with Crippen LogP contribution in [0.2, 0.25) is 0 Å². The predicted molar refractivity (Wildman–Crippen MR) is 84.8 cm³/mol. The first-order valence-electron chi connectivity index (χ1n) is 7.34. The Morgan fingerprint density at radius 1 is 0.950 bits per heavy atom. The van der Waals surface area contributed by atoms with Crippen molar-refractivity contribution in [3.05, 3.63) is 78.1 Å². The highest BCUT2D eigenvalue weighted by atomic mass is 16.5. The summed E-state index contributed by atoms with van der Waals surface area (Å²) in [5.74, 6) is 2.00. The lowest BCUT2D eigenvalue weighted by Crippen LogP contribution is -1.97. The highest BCUT2D eigenvalue weighted by Crippen LogP contribution is 2.17. The van der Waals surface area contributed by atoms with Gasteiger partial charge in [-0.3, -0.25) is 0 Å². The summed E-state index contributed by atoms with van der Waals surface area (Å²) in [5.41, 5.74) is 1.39. The topological polar surface area (TPSA) is 9.23 Å². The van der Waals surface area contributed by atoms with Crippen LogP contribution < -0.4 is 4.74 Å². The van der Waals surface area contributed by atoms with E-state index in [9.17, 15) is 0 Å². The van der Waals surface area contributed by atoms with Crippen LogP contribution >= 0.6 is 0 Å². The molecule has 1 heteroatoms. The van der Waals surface area contributed by atoms with E-state index in [4.69, 9.17) is 4.74 Å². The Hall–Kier alpha value is -2.02. The quantitative estimate of drug-likeness (QED) is 0.611. The zero-order chi connectivity index (χ0) is 14.0. The van der Waals surface area contributed by atoms with Crippen molar-refractivity contribution >= 4 is 0 Å². The molecule has 0 aromatic heterocycles. The van der Waals surface area contributed by atoms with Gasteiger partial charge in [0.15, 0.2) is 0 Å². The summed E-state index contributed by atoms with van der Waals surface area (Å²) in [6.07, 6.45) is 6.38. The van der Waals surface area contributed by atoms with Gasteiger partial charge in [0.1, 0.15) is 11.5 Å². The van der Waals surface area contributed by atoms with Crippen molar-refractivity contribution in [1.29, 1.82) is 0 Å². The number of hydrogen-bond donors (Lipinski definition) is 0. The molecule has 0 spiro atoms. The van der Waals surface area contributed by atoms with E-state index < -0.39 is 0 Å². The van der Waals surface area contributed by atoms with Crippen molar-refractivity contribution in [2.75, 3.05) is 0 Å². The second-order valence-electron chi connectivity index (χ2n) is 4.83. The van der Waals surface area contributed by atoms with Crippen LogP contribution in [0.5, 0.6) is 5.75 Å². The Morgan fingerprint density at radius 2 is 1.60 bits per heavy atom. The molecule has 0 aliphatic rings. The second-order valence-corrected chi connectivity index (χ2v) is 4.83. The molecule has 2 aromatic rings. The molecule has 0 aliphatic heterocycles. The van der Waals surface area contributed by atoms with Gasteiger partial charge in [-0.15, -0.1) is 0 Å². The van der Waals surface area contributed by atoms with Crippen molar-refractivity contribution in [2.24, 2.45) is 0 Å². The third kappa shape index (κ3) is 4.93. The van der Waals surface area contributed by atoms with E-state index in [0.717, 1.165) is 37.2 Å². The van der Waals surface area contributed by atoms with E-state index >= 15 is 0 Å². The summed E-state index contributed by atoms with van der Waals surface area (Å²) in [6.45, 7) is 2.14. The van der Waals surface area contributed by atoms with Crippen LogP contribution in [0.25, 0.3) is 0 Å². The Bertz CT molecular complexity index is 514. The Balaban J connectivity index is 1.85. The summed E-state index contributed by atoms with van der Waals surface area (Å²) < 4.78 is 5.95. The van der Waals surface area contributed by atoms with Gasteiger partial charge in [-0.25, -0.2) is 0 Å². The van der Waals surface area contributed by atoms with Crippen molar-refractivity contribution in [2.45, 2.75) is 32.6 Å². The minimum atomic E-state index is 0.923. The lowest BCUT2D eigenvalue weighted by Gasteiger charge is -2.10. The first-order valence-corrected chi connectivity index (χ1v) is 7.34. The fourth-order valence-corrected chi connectivity index (χ4v) is 2.17. The largest absolute Gasteiger partial charge is 0.462 e. The van der Waals surface area contributed by atoms with Crippen LogP contribution in [0.15, 0.2) is 72.5 Å². The number of allylic oxidation sites excluding steroid dienone is 2. The van der Waals surface area contributed by atoms with Gasteiger partial charge in [-0.1, -0.05) is 55.5 Å². The first kappa shape index (κ1) is 14.4. The average Bonchev–Trinajstić information content (AvgIpc) is 2.49. The molecule has 0 amide bonds. The molecule has 0 saturated carbocycles. The van der Waals surface area contributed by atoms with E-state index in [1.54, 1.807) is 0 Å². The fraction of sp³-hybridized carbons (Fsp3) is 0.263. The molecule has 0 fully saturated rings. The molecule has 0 saturated heterocycles. The van der Waals surface area contributed by atoms with E-state index in [-0.39, 0.29) is 0 Å². The SMILES string of the molecule is CC/C=C(/CCCc1ccccc1)Oc1ccccc1. The maximum absolute atomic E-state index is 5.95. The molecule has 104 valence electrons. The summed E-state index contributed by atoms with van der Waals surface area (Å²) in [7, 11) is 0. The maximum Gasteiger partial charge on any atom is 0.126 e. The molecular weight excluding hydrogens is 244 g/mol. The van der Waals surface area contributed by atoms with Crippen molar-refractivity contribution < 1.29 is 4.74 Å². The molecular formula is C19H22O. The number of aryl methyl sites for hydroxylation is 1. The maximum atomic E-state index is 5.95. The van der Waals surface area contributed by atoms with Crippen molar-refractivity contribution in [3.63, 3.8) is 0 Å². The van der Waals surface area contributed by atoms with Gasteiger partial charge < -0.3 is 4.74 Å². The molecule has 20 heavy (non-hydrogen) atoms. The van der Waals surface area contributed by atoms with Gasteiger partial charge in [-0.05, 0) is 43.0 Å². The van der Waals surface area contributed by atoms with Gasteiger partial charge in [0.05, 0.1) is 0 Å². The number of rotatable bonds is 7.